The number of Topliss-reactive ketones (excluding diaryl/α,β-unsaturated/α-hetero) is 2. The quantitative estimate of drug-likeness (QED) is 0.263. The van der Waals surface area contributed by atoms with Crippen molar-refractivity contribution in [1.82, 2.24) is 5.32 Å². The van der Waals surface area contributed by atoms with Crippen molar-refractivity contribution in [3.63, 3.8) is 0 Å². The first-order valence-electron chi connectivity index (χ1n) is 11.7. The van der Waals surface area contributed by atoms with E-state index in [1.807, 2.05) is 39.0 Å². The van der Waals surface area contributed by atoms with Gasteiger partial charge in [0.05, 0.1) is 12.9 Å². The number of epoxide rings is 1. The first-order valence-corrected chi connectivity index (χ1v) is 11.7. The molecule has 4 rings (SSSR count). The second-order valence-electron chi connectivity index (χ2n) is 9.71. The molecule has 0 amide bonds. The molecule has 3 N–H and O–H groups in total. The SMILES string of the molecule is COC(=O)C12OC1(CC=C(C)CCC1=CCNC(N)=C1)C(=O)c1cccc(CC(C)C)c1C2=O. The zero-order valence-electron chi connectivity index (χ0n) is 20.2. The Kier molecular flexibility index (Phi) is 6.25. The molecule has 0 bridgehead atoms. The van der Waals surface area contributed by atoms with Crippen LogP contribution in [0.2, 0.25) is 0 Å². The Morgan fingerprint density at radius 3 is 2.74 bits per heavy atom. The summed E-state index contributed by atoms with van der Waals surface area (Å²) in [5.41, 5.74) is 5.92. The summed E-state index contributed by atoms with van der Waals surface area (Å²) in [4.78, 5) is 40.3. The van der Waals surface area contributed by atoms with Gasteiger partial charge in [0.2, 0.25) is 5.78 Å². The molecule has 1 saturated heterocycles. The van der Waals surface area contributed by atoms with E-state index in [1.165, 1.54) is 7.11 Å². The average Bonchev–Trinajstić information content (AvgIpc) is 3.51. The molecule has 0 spiro atoms. The van der Waals surface area contributed by atoms with Crippen LogP contribution < -0.4 is 11.1 Å². The van der Waals surface area contributed by atoms with Crippen molar-refractivity contribution < 1.29 is 23.9 Å². The largest absolute Gasteiger partial charge is 0.466 e. The van der Waals surface area contributed by atoms with Gasteiger partial charge in [-0.1, -0.05) is 49.8 Å². The summed E-state index contributed by atoms with van der Waals surface area (Å²) in [6.07, 6.45) is 8.21. The number of ether oxygens (including phenoxy) is 2. The fraction of sp³-hybridized carbons (Fsp3) is 0.444. The van der Waals surface area contributed by atoms with Crippen molar-refractivity contribution in [2.45, 2.75) is 57.7 Å². The molecule has 0 aromatic heterocycles. The first-order chi connectivity index (χ1) is 16.2. The minimum Gasteiger partial charge on any atom is -0.466 e. The lowest BCUT2D eigenvalue weighted by atomic mass is 9.70. The van der Waals surface area contributed by atoms with Crippen LogP contribution in [0.1, 0.15) is 66.3 Å². The number of dihydropyridines is 1. The van der Waals surface area contributed by atoms with E-state index in [2.05, 4.69) is 11.4 Å². The number of carbonyl (C=O) groups excluding carboxylic acids is 3. The number of hydrogen-bond acceptors (Lipinski definition) is 7. The summed E-state index contributed by atoms with van der Waals surface area (Å²) in [5.74, 6) is -0.701. The molecule has 2 heterocycles. The zero-order chi connectivity index (χ0) is 24.7. The number of carbonyl (C=O) groups is 3. The summed E-state index contributed by atoms with van der Waals surface area (Å²) in [5, 5.41) is 3.05. The van der Waals surface area contributed by atoms with Gasteiger partial charge in [-0.05, 0) is 49.3 Å². The van der Waals surface area contributed by atoms with E-state index in [4.69, 9.17) is 15.2 Å². The number of rotatable bonds is 8. The van der Waals surface area contributed by atoms with Gasteiger partial charge in [0, 0.05) is 24.1 Å². The van der Waals surface area contributed by atoms with Crippen molar-refractivity contribution in [3.05, 3.63) is 70.1 Å². The fourth-order valence-electron chi connectivity index (χ4n) is 5.00. The molecule has 180 valence electrons. The van der Waals surface area contributed by atoms with Gasteiger partial charge in [-0.25, -0.2) is 4.79 Å². The summed E-state index contributed by atoms with van der Waals surface area (Å²) in [6, 6.07) is 5.28. The van der Waals surface area contributed by atoms with Gasteiger partial charge in [-0.2, -0.15) is 0 Å². The van der Waals surface area contributed by atoms with Gasteiger partial charge in [-0.3, -0.25) is 9.59 Å². The van der Waals surface area contributed by atoms with Crippen molar-refractivity contribution >= 4 is 17.5 Å². The predicted octanol–water partition coefficient (Wildman–Crippen LogP) is 3.39. The zero-order valence-corrected chi connectivity index (χ0v) is 20.2. The van der Waals surface area contributed by atoms with Gasteiger partial charge >= 0.3 is 5.97 Å². The van der Waals surface area contributed by atoms with Gasteiger partial charge in [0.15, 0.2) is 11.4 Å². The number of benzene rings is 1. The third kappa shape index (κ3) is 3.78. The Bertz CT molecular complexity index is 1150. The van der Waals surface area contributed by atoms with Crippen LogP contribution in [-0.2, 0) is 20.7 Å². The highest BCUT2D eigenvalue weighted by Crippen LogP contribution is 2.59. The highest BCUT2D eigenvalue weighted by atomic mass is 16.7. The van der Waals surface area contributed by atoms with E-state index in [9.17, 15) is 14.4 Å². The van der Waals surface area contributed by atoms with E-state index in [1.54, 1.807) is 12.1 Å². The van der Waals surface area contributed by atoms with E-state index in [0.717, 1.165) is 29.6 Å². The summed E-state index contributed by atoms with van der Waals surface area (Å²) in [7, 11) is 1.21. The van der Waals surface area contributed by atoms with Crippen LogP contribution in [0.15, 0.2) is 53.4 Å². The average molecular weight is 465 g/mol. The van der Waals surface area contributed by atoms with Gasteiger partial charge < -0.3 is 20.5 Å². The molecule has 7 nitrogen and oxygen atoms in total. The molecule has 34 heavy (non-hydrogen) atoms. The molecule has 1 fully saturated rings. The molecule has 1 aliphatic carbocycles. The third-order valence-corrected chi connectivity index (χ3v) is 6.82. The maximum atomic E-state index is 13.7. The van der Waals surface area contributed by atoms with Crippen LogP contribution in [0.3, 0.4) is 0 Å². The standard InChI is InChI=1S/C27H32N2O5/c1-16(2)14-19-6-5-7-20-22(19)24(31)27(25(32)33-4)26(34-27,23(20)30)12-10-17(3)8-9-18-11-13-29-21(28)15-18/h5-7,10-11,15-16,29H,8-9,12-14,28H2,1-4H3. The second-order valence-corrected chi connectivity index (χ2v) is 9.71. The van der Waals surface area contributed by atoms with Gasteiger partial charge in [0.25, 0.3) is 5.60 Å². The molecule has 2 atom stereocenters. The lowest BCUT2D eigenvalue weighted by molar-refractivity contribution is -0.145. The maximum absolute atomic E-state index is 13.7. The smallest absolute Gasteiger partial charge is 0.350 e. The van der Waals surface area contributed by atoms with E-state index >= 15 is 0 Å². The summed E-state index contributed by atoms with van der Waals surface area (Å²) < 4.78 is 10.8. The number of nitrogens with one attached hydrogen (secondary N) is 1. The van der Waals surface area contributed by atoms with Crippen molar-refractivity contribution in [3.8, 4) is 0 Å². The molecule has 1 aromatic carbocycles. The monoisotopic (exact) mass is 464 g/mol. The molecule has 2 unspecified atom stereocenters. The molecule has 0 saturated carbocycles. The fourth-order valence-corrected chi connectivity index (χ4v) is 5.00. The third-order valence-electron chi connectivity index (χ3n) is 6.82. The van der Waals surface area contributed by atoms with Crippen LogP contribution in [-0.4, -0.2) is 42.4 Å². The molecule has 0 radical (unpaired) electrons. The molecular weight excluding hydrogens is 432 g/mol. The Hall–Kier alpha value is -3.19. The topological polar surface area (TPSA) is 111 Å². The number of methoxy groups -OCH3 is 1. The van der Waals surface area contributed by atoms with E-state index in [0.29, 0.717) is 29.9 Å². The van der Waals surface area contributed by atoms with Crippen molar-refractivity contribution in [1.29, 1.82) is 0 Å². The number of esters is 1. The Morgan fingerprint density at radius 1 is 1.29 bits per heavy atom. The van der Waals surface area contributed by atoms with E-state index in [-0.39, 0.29) is 18.1 Å². The van der Waals surface area contributed by atoms with Crippen LogP contribution in [0.4, 0.5) is 0 Å². The molecule has 2 aliphatic heterocycles. The van der Waals surface area contributed by atoms with Gasteiger partial charge in [0.1, 0.15) is 0 Å². The van der Waals surface area contributed by atoms with Crippen LogP contribution >= 0.6 is 0 Å². The number of nitrogens with two attached hydrogens (primary N) is 1. The molecule has 7 heteroatoms. The summed E-state index contributed by atoms with van der Waals surface area (Å²) in [6.45, 7) is 6.76. The lowest BCUT2D eigenvalue weighted by Crippen LogP contribution is -2.50. The van der Waals surface area contributed by atoms with E-state index < -0.39 is 23.0 Å². The Labute approximate surface area is 200 Å². The van der Waals surface area contributed by atoms with Crippen molar-refractivity contribution in [2.24, 2.45) is 11.7 Å². The predicted molar refractivity (Wildman–Crippen MR) is 128 cm³/mol. The Morgan fingerprint density at radius 2 is 2.06 bits per heavy atom. The molecule has 1 aromatic rings. The Balaban J connectivity index is 1.63. The molecular formula is C27H32N2O5. The van der Waals surface area contributed by atoms with Gasteiger partial charge in [-0.15, -0.1) is 0 Å². The number of hydrogen-bond donors (Lipinski definition) is 2. The lowest BCUT2D eigenvalue weighted by Gasteiger charge is -2.25. The highest BCUT2D eigenvalue weighted by molar-refractivity contribution is 6.33. The van der Waals surface area contributed by atoms with Crippen LogP contribution in [0.25, 0.3) is 0 Å². The van der Waals surface area contributed by atoms with Crippen LogP contribution in [0.5, 0.6) is 0 Å². The maximum Gasteiger partial charge on any atom is 0.350 e. The molecule has 3 aliphatic rings. The minimum absolute atomic E-state index is 0.130. The summed E-state index contributed by atoms with van der Waals surface area (Å²) >= 11 is 0. The van der Waals surface area contributed by atoms with Crippen LogP contribution in [0, 0.1) is 5.92 Å². The number of ketones is 2. The minimum atomic E-state index is -1.91. The van der Waals surface area contributed by atoms with Crippen molar-refractivity contribution in [2.75, 3.05) is 13.7 Å². The second kappa shape index (κ2) is 8.87. The number of allylic oxidation sites excluding steroid dienone is 3. The first kappa shape index (κ1) is 24.0. The number of fused-ring (bicyclic) bond motifs is 2. The normalized spacial score (nSPS) is 25.7. The highest BCUT2D eigenvalue weighted by Gasteiger charge is 2.85.